The van der Waals surface area contributed by atoms with Gasteiger partial charge in [0.25, 0.3) is 0 Å². The summed E-state index contributed by atoms with van der Waals surface area (Å²) in [4.78, 5) is 0. The molecule has 0 amide bonds. The Hall–Kier alpha value is -1.30. The van der Waals surface area contributed by atoms with Gasteiger partial charge in [0, 0.05) is 15.6 Å². The van der Waals surface area contributed by atoms with Crippen molar-refractivity contribution in [3.63, 3.8) is 0 Å². The van der Waals surface area contributed by atoms with Crippen molar-refractivity contribution in [3.05, 3.63) is 56.8 Å². The Labute approximate surface area is 135 Å². The van der Waals surface area contributed by atoms with E-state index in [1.165, 1.54) is 19.2 Å². The zero-order valence-electron chi connectivity index (χ0n) is 11.5. The number of hydrogen-bond acceptors (Lipinski definition) is 3. The van der Waals surface area contributed by atoms with Gasteiger partial charge in [0.15, 0.2) is 0 Å². The molecular weight excluding hydrogens is 361 g/mol. The third-order valence-electron chi connectivity index (χ3n) is 3.15. The van der Waals surface area contributed by atoms with Crippen molar-refractivity contribution < 1.29 is 13.9 Å². The molecule has 0 aromatic heterocycles. The van der Waals surface area contributed by atoms with Crippen LogP contribution in [0.3, 0.4) is 0 Å². The van der Waals surface area contributed by atoms with Crippen molar-refractivity contribution in [2.75, 3.05) is 14.2 Å². The monoisotopic (exact) mass is 373 g/mol. The minimum atomic E-state index is -0.722. The number of halogens is 3. The number of methoxy groups -OCH3 is 2. The van der Waals surface area contributed by atoms with Gasteiger partial charge in [0.2, 0.25) is 0 Å². The zero-order valence-corrected chi connectivity index (χ0v) is 13.8. The summed E-state index contributed by atoms with van der Waals surface area (Å²) in [6, 6.07) is 7.28. The Balaban J connectivity index is 2.53. The molecule has 0 aliphatic heterocycles. The van der Waals surface area contributed by atoms with Gasteiger partial charge in [-0.05, 0) is 46.3 Å². The lowest BCUT2D eigenvalue weighted by Gasteiger charge is -2.18. The molecule has 112 valence electrons. The van der Waals surface area contributed by atoms with E-state index in [1.54, 1.807) is 25.3 Å². The average Bonchev–Trinajstić information content (AvgIpc) is 2.49. The molecule has 0 saturated heterocycles. The molecule has 2 aromatic rings. The van der Waals surface area contributed by atoms with Crippen LogP contribution in [0.25, 0.3) is 0 Å². The van der Waals surface area contributed by atoms with Crippen molar-refractivity contribution in [1.82, 2.24) is 0 Å². The highest BCUT2D eigenvalue weighted by atomic mass is 79.9. The van der Waals surface area contributed by atoms with E-state index in [1.807, 2.05) is 0 Å². The summed E-state index contributed by atoms with van der Waals surface area (Å²) >= 11 is 9.20. The van der Waals surface area contributed by atoms with E-state index in [0.717, 1.165) is 0 Å². The fourth-order valence-corrected chi connectivity index (χ4v) is 2.51. The van der Waals surface area contributed by atoms with Crippen LogP contribution in [-0.4, -0.2) is 14.2 Å². The lowest BCUT2D eigenvalue weighted by molar-refractivity contribution is 0.396. The SMILES string of the molecule is COc1ccc(OC)c(C(N)c2cc(Cl)c(Br)cc2F)c1. The van der Waals surface area contributed by atoms with Crippen LogP contribution in [0.1, 0.15) is 17.2 Å². The van der Waals surface area contributed by atoms with Crippen LogP contribution >= 0.6 is 27.5 Å². The standard InChI is InChI=1S/C15H14BrClFNO2/c1-20-8-3-4-14(21-2)10(5-8)15(19)9-6-12(17)11(16)7-13(9)18/h3-7,15H,19H2,1-2H3. The first kappa shape index (κ1) is 16.1. The molecule has 6 heteroatoms. The molecule has 2 N–H and O–H groups in total. The van der Waals surface area contributed by atoms with Crippen LogP contribution in [0.5, 0.6) is 11.5 Å². The molecule has 0 saturated carbocycles. The second-order valence-corrected chi connectivity index (χ2v) is 5.63. The predicted molar refractivity (Wildman–Crippen MR) is 84.7 cm³/mol. The number of benzene rings is 2. The van der Waals surface area contributed by atoms with Gasteiger partial charge in [-0.2, -0.15) is 0 Å². The molecule has 1 atom stereocenters. The third kappa shape index (κ3) is 3.31. The number of hydrogen-bond donors (Lipinski definition) is 1. The topological polar surface area (TPSA) is 44.5 Å². The van der Waals surface area contributed by atoms with Gasteiger partial charge in [0.1, 0.15) is 17.3 Å². The molecule has 1 unspecified atom stereocenters. The highest BCUT2D eigenvalue weighted by molar-refractivity contribution is 9.10. The van der Waals surface area contributed by atoms with Crippen LogP contribution in [0.4, 0.5) is 4.39 Å². The van der Waals surface area contributed by atoms with E-state index in [9.17, 15) is 4.39 Å². The summed E-state index contributed by atoms with van der Waals surface area (Å²) in [7, 11) is 3.08. The normalized spacial score (nSPS) is 12.1. The van der Waals surface area contributed by atoms with Crippen molar-refractivity contribution in [2.45, 2.75) is 6.04 Å². The lowest BCUT2D eigenvalue weighted by Crippen LogP contribution is -2.15. The molecule has 2 aromatic carbocycles. The number of ether oxygens (including phenoxy) is 2. The van der Waals surface area contributed by atoms with Gasteiger partial charge in [-0.15, -0.1) is 0 Å². The minimum Gasteiger partial charge on any atom is -0.497 e. The van der Waals surface area contributed by atoms with Gasteiger partial charge < -0.3 is 15.2 Å². The second kappa shape index (κ2) is 6.64. The Morgan fingerprint density at radius 2 is 1.86 bits per heavy atom. The number of nitrogens with two attached hydrogens (primary N) is 1. The van der Waals surface area contributed by atoms with E-state index < -0.39 is 11.9 Å². The Morgan fingerprint density at radius 3 is 2.48 bits per heavy atom. The van der Waals surface area contributed by atoms with Crippen molar-refractivity contribution in [1.29, 1.82) is 0 Å². The molecule has 0 spiro atoms. The van der Waals surface area contributed by atoms with E-state index in [-0.39, 0.29) is 5.56 Å². The summed E-state index contributed by atoms with van der Waals surface area (Å²) in [5.41, 5.74) is 7.09. The molecule has 2 rings (SSSR count). The van der Waals surface area contributed by atoms with Gasteiger partial charge in [-0.1, -0.05) is 11.6 Å². The Kier molecular flexibility index (Phi) is 5.08. The van der Waals surface area contributed by atoms with Crippen LogP contribution in [0.2, 0.25) is 5.02 Å². The number of rotatable bonds is 4. The lowest BCUT2D eigenvalue weighted by atomic mass is 9.98. The average molecular weight is 375 g/mol. The fraction of sp³-hybridized carbons (Fsp3) is 0.200. The maximum Gasteiger partial charge on any atom is 0.129 e. The maximum absolute atomic E-state index is 14.1. The van der Waals surface area contributed by atoms with Crippen LogP contribution in [0, 0.1) is 5.82 Å². The first-order valence-corrected chi connectivity index (χ1v) is 7.27. The molecule has 0 radical (unpaired) electrons. The first-order valence-electron chi connectivity index (χ1n) is 6.10. The predicted octanol–water partition coefficient (Wildman–Crippen LogP) is 4.31. The fourth-order valence-electron chi connectivity index (χ4n) is 2.03. The van der Waals surface area contributed by atoms with Gasteiger partial charge >= 0.3 is 0 Å². The van der Waals surface area contributed by atoms with Crippen molar-refractivity contribution in [3.8, 4) is 11.5 Å². The summed E-state index contributed by atoms with van der Waals surface area (Å²) in [6.45, 7) is 0. The molecule has 0 aliphatic carbocycles. The summed E-state index contributed by atoms with van der Waals surface area (Å²) in [5, 5.41) is 0.392. The smallest absolute Gasteiger partial charge is 0.129 e. The van der Waals surface area contributed by atoms with Gasteiger partial charge in [0.05, 0.1) is 25.3 Å². The molecule has 0 heterocycles. The Bertz CT molecular complexity index is 666. The van der Waals surface area contributed by atoms with Crippen LogP contribution in [-0.2, 0) is 0 Å². The summed E-state index contributed by atoms with van der Waals surface area (Å²) in [5.74, 6) is 0.732. The van der Waals surface area contributed by atoms with E-state index in [2.05, 4.69) is 15.9 Å². The highest BCUT2D eigenvalue weighted by Crippen LogP contribution is 2.35. The molecule has 0 fully saturated rings. The van der Waals surface area contributed by atoms with Gasteiger partial charge in [-0.25, -0.2) is 4.39 Å². The van der Waals surface area contributed by atoms with Crippen LogP contribution < -0.4 is 15.2 Å². The molecule has 21 heavy (non-hydrogen) atoms. The molecule has 0 bridgehead atoms. The maximum atomic E-state index is 14.1. The van der Waals surface area contributed by atoms with Crippen molar-refractivity contribution >= 4 is 27.5 Å². The van der Waals surface area contributed by atoms with Gasteiger partial charge in [-0.3, -0.25) is 0 Å². The third-order valence-corrected chi connectivity index (χ3v) is 4.34. The minimum absolute atomic E-state index is 0.287. The van der Waals surface area contributed by atoms with E-state index in [0.29, 0.717) is 26.6 Å². The van der Waals surface area contributed by atoms with Crippen molar-refractivity contribution in [2.24, 2.45) is 5.73 Å². The highest BCUT2D eigenvalue weighted by Gasteiger charge is 2.20. The summed E-state index contributed by atoms with van der Waals surface area (Å²) in [6.07, 6.45) is 0. The zero-order chi connectivity index (χ0) is 15.6. The summed E-state index contributed by atoms with van der Waals surface area (Å²) < 4.78 is 25.1. The molecular formula is C15H14BrClFNO2. The first-order chi connectivity index (χ1) is 9.97. The largest absolute Gasteiger partial charge is 0.497 e. The Morgan fingerprint density at radius 1 is 1.14 bits per heavy atom. The second-order valence-electron chi connectivity index (χ2n) is 4.37. The quantitative estimate of drug-likeness (QED) is 0.811. The molecule has 3 nitrogen and oxygen atoms in total. The van der Waals surface area contributed by atoms with Crippen LogP contribution in [0.15, 0.2) is 34.8 Å². The van der Waals surface area contributed by atoms with E-state index in [4.69, 9.17) is 26.8 Å². The van der Waals surface area contributed by atoms with E-state index >= 15 is 0 Å². The molecule has 0 aliphatic rings.